The van der Waals surface area contributed by atoms with Crippen LogP contribution in [-0.4, -0.2) is 39.6 Å². The number of rotatable bonds is 5. The first-order chi connectivity index (χ1) is 12.5. The van der Waals surface area contributed by atoms with E-state index in [0.717, 1.165) is 29.6 Å². The quantitative estimate of drug-likeness (QED) is 0.799. The van der Waals surface area contributed by atoms with Gasteiger partial charge in [0.25, 0.3) is 5.56 Å². The molecule has 1 aromatic carbocycles. The minimum absolute atomic E-state index is 0.0355. The zero-order chi connectivity index (χ0) is 18.7. The number of aromatic hydroxyl groups is 1. The van der Waals surface area contributed by atoms with Crippen LogP contribution in [0.3, 0.4) is 0 Å². The summed E-state index contributed by atoms with van der Waals surface area (Å²) in [4.78, 5) is 31.5. The molecule has 0 aliphatic carbocycles. The molecule has 2 N–H and O–H groups in total. The molecule has 1 aliphatic heterocycles. The second-order valence-electron chi connectivity index (χ2n) is 6.36. The van der Waals surface area contributed by atoms with E-state index in [1.54, 1.807) is 12.1 Å². The number of nitrogens with zero attached hydrogens (tertiary/aromatic N) is 2. The first-order valence-corrected chi connectivity index (χ1v) is 8.82. The molecule has 0 spiro atoms. The van der Waals surface area contributed by atoms with Crippen LogP contribution in [0.5, 0.6) is 5.88 Å². The van der Waals surface area contributed by atoms with E-state index in [0.29, 0.717) is 24.4 Å². The maximum absolute atomic E-state index is 12.4. The Morgan fingerprint density at radius 1 is 1.38 bits per heavy atom. The third kappa shape index (κ3) is 3.48. The van der Waals surface area contributed by atoms with Gasteiger partial charge in [-0.15, -0.1) is 0 Å². The number of aromatic amines is 1. The van der Waals surface area contributed by atoms with Crippen molar-refractivity contribution in [3.8, 4) is 11.6 Å². The summed E-state index contributed by atoms with van der Waals surface area (Å²) in [6.45, 7) is 4.85. The third-order valence-corrected chi connectivity index (χ3v) is 4.58. The normalized spacial score (nSPS) is 17.6. The second kappa shape index (κ2) is 7.70. The fourth-order valence-electron chi connectivity index (χ4n) is 3.19. The van der Waals surface area contributed by atoms with Crippen LogP contribution >= 0.6 is 0 Å². The molecule has 2 heterocycles. The summed E-state index contributed by atoms with van der Waals surface area (Å²) in [6.07, 6.45) is 2.44. The fourth-order valence-corrected chi connectivity index (χ4v) is 3.19. The van der Waals surface area contributed by atoms with E-state index >= 15 is 0 Å². The van der Waals surface area contributed by atoms with Gasteiger partial charge in [-0.05, 0) is 37.8 Å². The summed E-state index contributed by atoms with van der Waals surface area (Å²) in [5.41, 5.74) is 0.500. The van der Waals surface area contributed by atoms with Crippen LogP contribution in [-0.2, 0) is 4.74 Å². The lowest BCUT2D eigenvalue weighted by Gasteiger charge is -2.14. The van der Waals surface area contributed by atoms with Gasteiger partial charge in [0.15, 0.2) is 0 Å². The van der Waals surface area contributed by atoms with E-state index in [1.807, 2.05) is 26.0 Å². The standard InChI is InChI=1S/C19H23N3O4/c1-3-14(20-11-13-8-6-10-26-13)16-17(23)21-19(25)22(18(16)24)15-9-5-4-7-12(15)2/h4-5,7,9,13,24H,3,6,8,10-11H2,1-2H3,(H,21,23,25)/t13-/m0/s1. The zero-order valence-electron chi connectivity index (χ0n) is 15.0. The van der Waals surface area contributed by atoms with Crippen LogP contribution in [0.25, 0.3) is 5.69 Å². The van der Waals surface area contributed by atoms with Crippen molar-refractivity contribution in [2.24, 2.45) is 4.99 Å². The molecule has 1 aromatic heterocycles. The van der Waals surface area contributed by atoms with Crippen LogP contribution in [0, 0.1) is 6.92 Å². The molecule has 138 valence electrons. The van der Waals surface area contributed by atoms with Gasteiger partial charge in [-0.1, -0.05) is 25.1 Å². The molecule has 3 rings (SSSR count). The van der Waals surface area contributed by atoms with Crippen LogP contribution in [0.15, 0.2) is 38.8 Å². The van der Waals surface area contributed by atoms with Gasteiger partial charge in [0.1, 0.15) is 5.56 Å². The van der Waals surface area contributed by atoms with Gasteiger partial charge in [0.2, 0.25) is 5.88 Å². The van der Waals surface area contributed by atoms with Gasteiger partial charge in [-0.25, -0.2) is 9.36 Å². The van der Waals surface area contributed by atoms with Crippen molar-refractivity contribution in [1.29, 1.82) is 0 Å². The molecule has 2 aromatic rings. The summed E-state index contributed by atoms with van der Waals surface area (Å²) in [5, 5.41) is 10.8. The summed E-state index contributed by atoms with van der Waals surface area (Å²) in [6, 6.07) is 7.16. The predicted octanol–water partition coefficient (Wildman–Crippen LogP) is 1.92. The molecule has 1 aliphatic rings. The maximum Gasteiger partial charge on any atom is 0.335 e. The van der Waals surface area contributed by atoms with Gasteiger partial charge < -0.3 is 9.84 Å². The smallest absolute Gasteiger partial charge is 0.335 e. The number of nitrogens with one attached hydrogen (secondary N) is 1. The Bertz CT molecular complexity index is 937. The molecule has 0 amide bonds. The Balaban J connectivity index is 2.11. The topological polar surface area (TPSA) is 96.7 Å². The Morgan fingerprint density at radius 2 is 2.15 bits per heavy atom. The molecule has 1 fully saturated rings. The first kappa shape index (κ1) is 18.1. The summed E-state index contributed by atoms with van der Waals surface area (Å²) < 4.78 is 6.68. The van der Waals surface area contributed by atoms with Gasteiger partial charge in [0.05, 0.1) is 24.0 Å². The van der Waals surface area contributed by atoms with Crippen molar-refractivity contribution in [1.82, 2.24) is 9.55 Å². The Kier molecular flexibility index (Phi) is 5.37. The van der Waals surface area contributed by atoms with Crippen LogP contribution in [0.1, 0.15) is 37.3 Å². The highest BCUT2D eigenvalue weighted by atomic mass is 16.5. The molecule has 1 atom stereocenters. The van der Waals surface area contributed by atoms with Crippen molar-refractivity contribution < 1.29 is 9.84 Å². The van der Waals surface area contributed by atoms with E-state index < -0.39 is 11.2 Å². The molecule has 0 unspecified atom stereocenters. The molecule has 7 heteroatoms. The molecular weight excluding hydrogens is 334 g/mol. The predicted molar refractivity (Wildman–Crippen MR) is 99.7 cm³/mol. The van der Waals surface area contributed by atoms with E-state index in [1.165, 1.54) is 0 Å². The lowest BCUT2D eigenvalue weighted by Crippen LogP contribution is -2.33. The number of hydrogen-bond donors (Lipinski definition) is 2. The second-order valence-corrected chi connectivity index (χ2v) is 6.36. The Labute approximate surface area is 151 Å². The number of hydrogen-bond acceptors (Lipinski definition) is 5. The van der Waals surface area contributed by atoms with Gasteiger partial charge in [-0.3, -0.25) is 14.8 Å². The molecule has 0 radical (unpaired) electrons. The molecular formula is C19H23N3O4. The number of aryl methyl sites for hydroxylation is 1. The lowest BCUT2D eigenvalue weighted by molar-refractivity contribution is 0.118. The van der Waals surface area contributed by atoms with Crippen molar-refractivity contribution in [3.05, 3.63) is 56.2 Å². The highest BCUT2D eigenvalue weighted by Gasteiger charge is 2.21. The molecule has 7 nitrogen and oxygen atoms in total. The Morgan fingerprint density at radius 3 is 2.81 bits per heavy atom. The number of H-pyrrole nitrogens is 1. The number of aromatic nitrogens is 2. The third-order valence-electron chi connectivity index (χ3n) is 4.58. The summed E-state index contributed by atoms with van der Waals surface area (Å²) in [7, 11) is 0. The molecule has 1 saturated heterocycles. The SMILES string of the molecule is CCC(=NC[C@@H]1CCCO1)c1c(O)n(-c2ccccc2C)c(=O)[nH]c1=O. The Hall–Kier alpha value is -2.67. The highest BCUT2D eigenvalue weighted by Crippen LogP contribution is 2.21. The molecule has 0 saturated carbocycles. The lowest BCUT2D eigenvalue weighted by atomic mass is 10.1. The van der Waals surface area contributed by atoms with Crippen molar-refractivity contribution in [2.45, 2.75) is 39.2 Å². The number of aliphatic imine (C=N–C) groups is 1. The zero-order valence-corrected chi connectivity index (χ0v) is 15.0. The van der Waals surface area contributed by atoms with E-state index in [4.69, 9.17) is 4.74 Å². The monoisotopic (exact) mass is 357 g/mol. The number of ether oxygens (including phenoxy) is 1. The number of para-hydroxylation sites is 1. The van der Waals surface area contributed by atoms with Crippen molar-refractivity contribution in [3.63, 3.8) is 0 Å². The van der Waals surface area contributed by atoms with Gasteiger partial charge >= 0.3 is 5.69 Å². The van der Waals surface area contributed by atoms with Crippen LogP contribution in [0.4, 0.5) is 0 Å². The first-order valence-electron chi connectivity index (χ1n) is 8.82. The van der Waals surface area contributed by atoms with Crippen LogP contribution < -0.4 is 11.2 Å². The maximum atomic E-state index is 12.4. The van der Waals surface area contributed by atoms with Gasteiger partial charge in [-0.2, -0.15) is 0 Å². The van der Waals surface area contributed by atoms with Crippen LogP contribution in [0.2, 0.25) is 0 Å². The van der Waals surface area contributed by atoms with Crippen molar-refractivity contribution in [2.75, 3.05) is 13.2 Å². The fraction of sp³-hybridized carbons (Fsp3) is 0.421. The summed E-state index contributed by atoms with van der Waals surface area (Å²) >= 11 is 0. The van der Waals surface area contributed by atoms with E-state index in [-0.39, 0.29) is 17.5 Å². The van der Waals surface area contributed by atoms with Gasteiger partial charge in [0, 0.05) is 6.61 Å². The average molecular weight is 357 g/mol. The molecule has 26 heavy (non-hydrogen) atoms. The van der Waals surface area contributed by atoms with E-state index in [2.05, 4.69) is 9.98 Å². The van der Waals surface area contributed by atoms with Crippen molar-refractivity contribution >= 4 is 5.71 Å². The summed E-state index contributed by atoms with van der Waals surface area (Å²) in [5.74, 6) is -0.388. The average Bonchev–Trinajstić information content (AvgIpc) is 3.12. The largest absolute Gasteiger partial charge is 0.493 e. The van der Waals surface area contributed by atoms with E-state index in [9.17, 15) is 14.7 Å². The molecule has 0 bridgehead atoms. The number of benzene rings is 1. The highest BCUT2D eigenvalue weighted by molar-refractivity contribution is 6.02. The minimum Gasteiger partial charge on any atom is -0.493 e. The minimum atomic E-state index is -0.680.